The zero-order valence-corrected chi connectivity index (χ0v) is 22.5. The third-order valence-electron chi connectivity index (χ3n) is 6.50. The second kappa shape index (κ2) is 10.8. The van der Waals surface area contributed by atoms with E-state index in [0.29, 0.717) is 22.3 Å². The van der Waals surface area contributed by atoms with Gasteiger partial charge in [-0.05, 0) is 48.2 Å². The number of carbonyl (C=O) groups is 1. The van der Waals surface area contributed by atoms with Crippen molar-refractivity contribution < 1.29 is 9.53 Å². The van der Waals surface area contributed by atoms with Crippen LogP contribution in [0.25, 0.3) is 31.7 Å². The molecule has 0 unspecified atom stereocenters. The summed E-state index contributed by atoms with van der Waals surface area (Å²) in [5.41, 5.74) is 3.09. The largest absolute Gasteiger partial charge is 0.379 e. The highest BCUT2D eigenvalue weighted by molar-refractivity contribution is 7.22. The fraction of sp³-hybridized carbons (Fsp3) is 0.250. The number of thiophene rings is 1. The average Bonchev–Trinajstić information content (AvgIpc) is 3.61. The van der Waals surface area contributed by atoms with Gasteiger partial charge in [-0.1, -0.05) is 47.2 Å². The van der Waals surface area contributed by atoms with Crippen molar-refractivity contribution in [3.8, 4) is 10.6 Å². The summed E-state index contributed by atoms with van der Waals surface area (Å²) in [6.07, 6.45) is 0.837. The van der Waals surface area contributed by atoms with E-state index in [9.17, 15) is 4.79 Å². The maximum absolute atomic E-state index is 14.3. The average molecular weight is 549 g/mol. The zero-order chi connectivity index (χ0) is 25.2. The number of hydrogen-bond donors (Lipinski definition) is 0. The van der Waals surface area contributed by atoms with Crippen molar-refractivity contribution in [2.45, 2.75) is 6.42 Å². The molecule has 37 heavy (non-hydrogen) atoms. The van der Waals surface area contributed by atoms with Gasteiger partial charge < -0.3 is 4.74 Å². The van der Waals surface area contributed by atoms with Crippen LogP contribution in [-0.2, 0) is 4.74 Å². The van der Waals surface area contributed by atoms with Crippen LogP contribution in [0.15, 0.2) is 66.0 Å². The maximum atomic E-state index is 14.3. The van der Waals surface area contributed by atoms with E-state index >= 15 is 0 Å². The lowest BCUT2D eigenvalue weighted by molar-refractivity contribution is 0.0376. The first-order chi connectivity index (χ1) is 18.2. The van der Waals surface area contributed by atoms with Gasteiger partial charge in [0.1, 0.15) is 0 Å². The third-order valence-corrected chi connectivity index (χ3v) is 8.66. The molecule has 188 valence electrons. The van der Waals surface area contributed by atoms with Crippen LogP contribution >= 0.6 is 34.3 Å². The molecule has 0 saturated carbocycles. The highest BCUT2D eigenvalue weighted by atomic mass is 35.5. The summed E-state index contributed by atoms with van der Waals surface area (Å²) < 4.78 is 6.45. The molecule has 0 aliphatic carbocycles. The van der Waals surface area contributed by atoms with E-state index in [4.69, 9.17) is 26.3 Å². The highest BCUT2D eigenvalue weighted by Crippen LogP contribution is 2.34. The van der Waals surface area contributed by atoms with Gasteiger partial charge in [0.25, 0.3) is 5.91 Å². The molecular formula is C28H25ClN4O2S2. The smallest absolute Gasteiger partial charge is 0.260 e. The van der Waals surface area contributed by atoms with E-state index in [1.54, 1.807) is 11.3 Å². The predicted molar refractivity (Wildman–Crippen MR) is 153 cm³/mol. The van der Waals surface area contributed by atoms with E-state index in [1.807, 2.05) is 70.9 Å². The molecule has 0 spiro atoms. The minimum Gasteiger partial charge on any atom is -0.379 e. The van der Waals surface area contributed by atoms with Crippen molar-refractivity contribution >= 4 is 66.4 Å². The molecule has 1 aliphatic rings. The molecule has 9 heteroatoms. The summed E-state index contributed by atoms with van der Waals surface area (Å²) >= 11 is 9.36. The minimum atomic E-state index is -0.0662. The molecule has 6 rings (SSSR count). The van der Waals surface area contributed by atoms with Crippen molar-refractivity contribution in [1.29, 1.82) is 0 Å². The number of hydrogen-bond acceptors (Lipinski definition) is 7. The Morgan fingerprint density at radius 2 is 1.89 bits per heavy atom. The van der Waals surface area contributed by atoms with Crippen molar-refractivity contribution in [3.63, 3.8) is 0 Å². The predicted octanol–water partition coefficient (Wildman–Crippen LogP) is 6.60. The Morgan fingerprint density at radius 3 is 2.73 bits per heavy atom. The Bertz CT molecular complexity index is 1550. The molecule has 1 aliphatic heterocycles. The summed E-state index contributed by atoms with van der Waals surface area (Å²) in [6.45, 7) is 4.83. The number of nitrogens with zero attached hydrogens (tertiary/aromatic N) is 4. The maximum Gasteiger partial charge on any atom is 0.260 e. The zero-order valence-electron chi connectivity index (χ0n) is 20.1. The second-order valence-electron chi connectivity index (χ2n) is 8.92. The van der Waals surface area contributed by atoms with Crippen LogP contribution in [0.4, 0.5) is 5.13 Å². The van der Waals surface area contributed by atoms with Crippen LogP contribution in [0.3, 0.4) is 0 Å². The summed E-state index contributed by atoms with van der Waals surface area (Å²) in [4.78, 5) is 29.3. The lowest BCUT2D eigenvalue weighted by Gasteiger charge is -2.28. The van der Waals surface area contributed by atoms with Gasteiger partial charge in [-0.3, -0.25) is 14.6 Å². The van der Waals surface area contributed by atoms with Gasteiger partial charge >= 0.3 is 0 Å². The first-order valence-electron chi connectivity index (χ1n) is 12.3. The third kappa shape index (κ3) is 5.26. The number of thiazole rings is 1. The van der Waals surface area contributed by atoms with Crippen LogP contribution in [-0.4, -0.2) is 60.2 Å². The topological polar surface area (TPSA) is 58.6 Å². The number of amides is 1. The van der Waals surface area contributed by atoms with E-state index < -0.39 is 0 Å². The number of morpholine rings is 1. The number of carbonyl (C=O) groups excluding carboxylic acids is 1. The molecular weight excluding hydrogens is 524 g/mol. The quantitative estimate of drug-likeness (QED) is 0.229. The molecule has 3 aromatic heterocycles. The van der Waals surface area contributed by atoms with Gasteiger partial charge in [-0.2, -0.15) is 0 Å². The van der Waals surface area contributed by atoms with Crippen molar-refractivity contribution in [2.75, 3.05) is 44.3 Å². The van der Waals surface area contributed by atoms with E-state index in [2.05, 4.69) is 4.90 Å². The lowest BCUT2D eigenvalue weighted by Crippen LogP contribution is -2.39. The van der Waals surface area contributed by atoms with Crippen LogP contribution in [0.2, 0.25) is 5.02 Å². The van der Waals surface area contributed by atoms with Gasteiger partial charge in [0.15, 0.2) is 5.13 Å². The first kappa shape index (κ1) is 24.5. The number of rotatable bonds is 7. The van der Waals surface area contributed by atoms with Crippen LogP contribution in [0.1, 0.15) is 16.8 Å². The number of fused-ring (bicyclic) bond motifs is 2. The molecule has 0 bridgehead atoms. The fourth-order valence-electron chi connectivity index (χ4n) is 4.61. The molecule has 1 amide bonds. The van der Waals surface area contributed by atoms with Crippen LogP contribution < -0.4 is 4.90 Å². The van der Waals surface area contributed by atoms with E-state index in [-0.39, 0.29) is 5.91 Å². The second-order valence-corrected chi connectivity index (χ2v) is 11.3. The normalized spacial score (nSPS) is 14.4. The Morgan fingerprint density at radius 1 is 1.03 bits per heavy atom. The molecule has 2 aromatic carbocycles. The standard InChI is InChI=1S/C28H25ClN4O2S2/c29-19-8-9-23-26(17-19)37-28(31-23)33(11-4-10-32-12-14-35-15-13-32)27(34)21-18-24(25-7-3-16-36-25)30-22-6-2-1-5-20(21)22/h1-3,5-9,16-18H,4,10-15H2. The summed E-state index contributed by atoms with van der Waals surface area (Å²) in [5.74, 6) is -0.0662. The molecule has 6 nitrogen and oxygen atoms in total. The summed E-state index contributed by atoms with van der Waals surface area (Å²) in [5, 5.41) is 4.21. The Hall–Kier alpha value is -2.88. The number of para-hydroxylation sites is 1. The van der Waals surface area contributed by atoms with E-state index in [0.717, 1.165) is 71.0 Å². The van der Waals surface area contributed by atoms with Crippen molar-refractivity contribution in [3.05, 3.63) is 76.6 Å². The summed E-state index contributed by atoms with van der Waals surface area (Å²) in [7, 11) is 0. The van der Waals surface area contributed by atoms with Crippen molar-refractivity contribution in [1.82, 2.24) is 14.9 Å². The van der Waals surface area contributed by atoms with Gasteiger partial charge in [0.2, 0.25) is 0 Å². The Balaban J connectivity index is 1.39. The molecule has 0 atom stereocenters. The molecule has 5 aromatic rings. The number of aromatic nitrogens is 2. The number of pyridine rings is 1. The molecule has 1 saturated heterocycles. The Labute approximate surface area is 228 Å². The first-order valence-corrected chi connectivity index (χ1v) is 14.3. The fourth-order valence-corrected chi connectivity index (χ4v) is 6.56. The highest BCUT2D eigenvalue weighted by Gasteiger charge is 2.25. The van der Waals surface area contributed by atoms with Gasteiger partial charge in [0, 0.05) is 36.6 Å². The summed E-state index contributed by atoms with van der Waals surface area (Å²) in [6, 6.07) is 19.5. The van der Waals surface area contributed by atoms with Crippen LogP contribution in [0, 0.1) is 0 Å². The minimum absolute atomic E-state index is 0.0662. The Kier molecular flexibility index (Phi) is 7.17. The molecule has 1 fully saturated rings. The molecule has 0 N–H and O–H groups in total. The monoisotopic (exact) mass is 548 g/mol. The van der Waals surface area contributed by atoms with Gasteiger partial charge in [-0.25, -0.2) is 9.97 Å². The number of ether oxygens (including phenoxy) is 1. The number of anilines is 1. The van der Waals surface area contributed by atoms with E-state index in [1.165, 1.54) is 11.3 Å². The number of halogens is 1. The molecule has 4 heterocycles. The molecule has 0 radical (unpaired) electrons. The van der Waals surface area contributed by atoms with Gasteiger partial charge in [-0.15, -0.1) is 11.3 Å². The van der Waals surface area contributed by atoms with Crippen LogP contribution in [0.5, 0.6) is 0 Å². The van der Waals surface area contributed by atoms with Gasteiger partial charge in [0.05, 0.1) is 45.1 Å². The SMILES string of the molecule is O=C(c1cc(-c2cccs2)nc2ccccc12)N(CCCN1CCOCC1)c1nc2ccc(Cl)cc2s1. The lowest BCUT2D eigenvalue weighted by atomic mass is 10.1. The van der Waals surface area contributed by atoms with Crippen molar-refractivity contribution in [2.24, 2.45) is 0 Å². The number of benzene rings is 2.